The van der Waals surface area contributed by atoms with E-state index in [-0.39, 0.29) is 12.5 Å². The Labute approximate surface area is 179 Å². The highest BCUT2D eigenvalue weighted by molar-refractivity contribution is 6.44. The summed E-state index contributed by atoms with van der Waals surface area (Å²) in [7, 11) is 1.58. The van der Waals surface area contributed by atoms with Gasteiger partial charge in [0.1, 0.15) is 12.3 Å². The molecule has 0 bridgehead atoms. The molecule has 1 aliphatic heterocycles. The lowest BCUT2D eigenvalue weighted by Crippen LogP contribution is -2.44. The number of amides is 2. The second kappa shape index (κ2) is 9.01. The third-order valence-corrected chi connectivity index (χ3v) is 5.21. The van der Waals surface area contributed by atoms with Gasteiger partial charge in [-0.3, -0.25) is 14.4 Å². The van der Waals surface area contributed by atoms with Crippen LogP contribution in [0.5, 0.6) is 5.75 Å². The molecule has 1 aliphatic rings. The standard InChI is InChI=1S/C23H23N3O5/c1-30-17-8-6-16(7-9-17)24-21(27)15-26-14-19(18-4-2-3-5-20(18)26)22(28)23(29)25-10-12-31-13-11-25/h2-9,14H,10-13,15H2,1H3,(H,24,27). The van der Waals surface area contributed by atoms with E-state index in [4.69, 9.17) is 9.47 Å². The summed E-state index contributed by atoms with van der Waals surface area (Å²) >= 11 is 0. The first kappa shape index (κ1) is 20.6. The summed E-state index contributed by atoms with van der Waals surface area (Å²) in [5, 5.41) is 3.47. The molecule has 3 aromatic rings. The van der Waals surface area contributed by atoms with Gasteiger partial charge in [0.2, 0.25) is 5.91 Å². The number of rotatable bonds is 6. The predicted molar refractivity (Wildman–Crippen MR) is 115 cm³/mol. The van der Waals surface area contributed by atoms with Crippen molar-refractivity contribution in [2.75, 3.05) is 38.7 Å². The van der Waals surface area contributed by atoms with Crippen molar-refractivity contribution >= 4 is 34.2 Å². The van der Waals surface area contributed by atoms with Gasteiger partial charge in [0.15, 0.2) is 0 Å². The Morgan fingerprint density at radius 1 is 1.03 bits per heavy atom. The van der Waals surface area contributed by atoms with Gasteiger partial charge in [-0.15, -0.1) is 0 Å². The number of ether oxygens (including phenoxy) is 2. The van der Waals surface area contributed by atoms with E-state index in [2.05, 4.69) is 5.32 Å². The van der Waals surface area contributed by atoms with Crippen LogP contribution in [0.2, 0.25) is 0 Å². The van der Waals surface area contributed by atoms with Crippen molar-refractivity contribution in [1.29, 1.82) is 0 Å². The molecular weight excluding hydrogens is 398 g/mol. The molecule has 1 fully saturated rings. The quantitative estimate of drug-likeness (QED) is 0.487. The first-order valence-corrected chi connectivity index (χ1v) is 10.00. The highest BCUT2D eigenvalue weighted by atomic mass is 16.5. The molecule has 0 atom stereocenters. The van der Waals surface area contributed by atoms with E-state index in [0.717, 1.165) is 0 Å². The zero-order chi connectivity index (χ0) is 21.8. The number of fused-ring (bicyclic) bond motifs is 1. The number of aromatic nitrogens is 1. The molecule has 2 aromatic carbocycles. The van der Waals surface area contributed by atoms with Crippen molar-refractivity contribution in [1.82, 2.24) is 9.47 Å². The molecule has 0 unspecified atom stereocenters. The number of benzene rings is 2. The molecule has 0 saturated carbocycles. The number of para-hydroxylation sites is 1. The molecule has 0 spiro atoms. The minimum Gasteiger partial charge on any atom is -0.497 e. The summed E-state index contributed by atoms with van der Waals surface area (Å²) in [6.45, 7) is 1.64. The molecule has 1 N–H and O–H groups in total. The van der Waals surface area contributed by atoms with Gasteiger partial charge in [0.25, 0.3) is 11.7 Å². The number of ketones is 1. The molecule has 0 radical (unpaired) electrons. The highest BCUT2D eigenvalue weighted by Gasteiger charge is 2.27. The van der Waals surface area contributed by atoms with Gasteiger partial charge in [0, 0.05) is 35.9 Å². The molecule has 31 heavy (non-hydrogen) atoms. The minimum absolute atomic E-state index is 0.00552. The number of methoxy groups -OCH3 is 1. The third kappa shape index (κ3) is 4.44. The SMILES string of the molecule is COc1ccc(NC(=O)Cn2cc(C(=O)C(=O)N3CCOCC3)c3ccccc32)cc1. The van der Waals surface area contributed by atoms with Gasteiger partial charge in [-0.1, -0.05) is 18.2 Å². The average Bonchev–Trinajstić information content (AvgIpc) is 3.17. The number of nitrogens with zero attached hydrogens (tertiary/aromatic N) is 2. The van der Waals surface area contributed by atoms with Gasteiger partial charge in [-0.05, 0) is 30.3 Å². The van der Waals surface area contributed by atoms with E-state index < -0.39 is 11.7 Å². The van der Waals surface area contributed by atoms with Gasteiger partial charge in [-0.25, -0.2) is 0 Å². The monoisotopic (exact) mass is 421 g/mol. The van der Waals surface area contributed by atoms with Crippen LogP contribution >= 0.6 is 0 Å². The third-order valence-electron chi connectivity index (χ3n) is 5.21. The van der Waals surface area contributed by atoms with Gasteiger partial charge >= 0.3 is 0 Å². The summed E-state index contributed by atoms with van der Waals surface area (Å²) in [6.07, 6.45) is 1.58. The zero-order valence-corrected chi connectivity index (χ0v) is 17.2. The number of morpholine rings is 1. The molecule has 4 rings (SSSR count). The number of nitrogens with one attached hydrogen (secondary N) is 1. The number of carbonyl (C=O) groups excluding carboxylic acids is 3. The van der Waals surface area contributed by atoms with E-state index in [1.165, 1.54) is 4.90 Å². The first-order valence-electron chi connectivity index (χ1n) is 10.00. The van der Waals surface area contributed by atoms with Crippen LogP contribution in [0.25, 0.3) is 10.9 Å². The van der Waals surface area contributed by atoms with Crippen molar-refractivity contribution in [2.45, 2.75) is 6.54 Å². The van der Waals surface area contributed by atoms with Crippen LogP contribution in [0.15, 0.2) is 54.7 Å². The summed E-state index contributed by atoms with van der Waals surface area (Å²) in [6, 6.07) is 14.3. The minimum atomic E-state index is -0.576. The average molecular weight is 421 g/mol. The molecule has 160 valence electrons. The Hall–Kier alpha value is -3.65. The largest absolute Gasteiger partial charge is 0.497 e. The molecule has 2 heterocycles. The highest BCUT2D eigenvalue weighted by Crippen LogP contribution is 2.23. The lowest BCUT2D eigenvalue weighted by Gasteiger charge is -2.25. The second-order valence-electron chi connectivity index (χ2n) is 7.20. The Morgan fingerprint density at radius 2 is 1.74 bits per heavy atom. The topological polar surface area (TPSA) is 89.9 Å². The van der Waals surface area contributed by atoms with Crippen LogP contribution in [0, 0.1) is 0 Å². The van der Waals surface area contributed by atoms with Crippen molar-refractivity contribution < 1.29 is 23.9 Å². The van der Waals surface area contributed by atoms with E-state index in [0.29, 0.717) is 54.2 Å². The fourth-order valence-corrected chi connectivity index (χ4v) is 3.61. The van der Waals surface area contributed by atoms with Gasteiger partial charge in [0.05, 0.1) is 25.9 Å². The smallest absolute Gasteiger partial charge is 0.295 e. The van der Waals surface area contributed by atoms with Crippen LogP contribution < -0.4 is 10.1 Å². The summed E-state index contributed by atoms with van der Waals surface area (Å²) in [5.41, 5.74) is 1.65. The Morgan fingerprint density at radius 3 is 2.45 bits per heavy atom. The van der Waals surface area contributed by atoms with Crippen LogP contribution in [-0.2, 0) is 20.9 Å². The summed E-state index contributed by atoms with van der Waals surface area (Å²) in [4.78, 5) is 39.8. The lowest BCUT2D eigenvalue weighted by molar-refractivity contribution is -0.130. The molecule has 2 amide bonds. The predicted octanol–water partition coefficient (Wildman–Crippen LogP) is 2.33. The van der Waals surface area contributed by atoms with Gasteiger partial charge in [-0.2, -0.15) is 0 Å². The Bertz CT molecular complexity index is 1110. The molecule has 1 saturated heterocycles. The fraction of sp³-hybridized carbons (Fsp3) is 0.261. The maximum atomic E-state index is 13.0. The molecular formula is C23H23N3O5. The fourth-order valence-electron chi connectivity index (χ4n) is 3.61. The number of Topliss-reactive ketones (excluding diaryl/α,β-unsaturated/α-hetero) is 1. The number of hydrogen-bond donors (Lipinski definition) is 1. The van der Waals surface area contributed by atoms with E-state index in [1.807, 2.05) is 12.1 Å². The van der Waals surface area contributed by atoms with Crippen molar-refractivity contribution in [2.24, 2.45) is 0 Å². The molecule has 1 aromatic heterocycles. The van der Waals surface area contributed by atoms with E-state index >= 15 is 0 Å². The van der Waals surface area contributed by atoms with Gasteiger partial charge < -0.3 is 24.3 Å². The summed E-state index contributed by atoms with van der Waals surface area (Å²) in [5.74, 6) is -0.673. The molecule has 0 aliphatic carbocycles. The molecule has 8 heteroatoms. The Kier molecular flexibility index (Phi) is 5.99. The van der Waals surface area contributed by atoms with Crippen molar-refractivity contribution in [3.05, 3.63) is 60.3 Å². The van der Waals surface area contributed by atoms with Crippen molar-refractivity contribution in [3.8, 4) is 5.75 Å². The van der Waals surface area contributed by atoms with Crippen molar-refractivity contribution in [3.63, 3.8) is 0 Å². The number of carbonyl (C=O) groups is 3. The van der Waals surface area contributed by atoms with E-state index in [9.17, 15) is 14.4 Å². The van der Waals surface area contributed by atoms with Crippen LogP contribution in [0.3, 0.4) is 0 Å². The van der Waals surface area contributed by atoms with Crippen LogP contribution in [0.1, 0.15) is 10.4 Å². The van der Waals surface area contributed by atoms with Crippen LogP contribution in [-0.4, -0.2) is 60.5 Å². The summed E-state index contributed by atoms with van der Waals surface area (Å²) < 4.78 is 12.1. The number of hydrogen-bond acceptors (Lipinski definition) is 5. The Balaban J connectivity index is 1.55. The zero-order valence-electron chi connectivity index (χ0n) is 17.2. The lowest BCUT2D eigenvalue weighted by atomic mass is 10.1. The number of anilines is 1. The van der Waals surface area contributed by atoms with Crippen LogP contribution in [0.4, 0.5) is 5.69 Å². The second-order valence-corrected chi connectivity index (χ2v) is 7.20. The normalized spacial score (nSPS) is 13.8. The molecule has 8 nitrogen and oxygen atoms in total. The first-order chi connectivity index (χ1) is 15.1. The maximum Gasteiger partial charge on any atom is 0.295 e. The van der Waals surface area contributed by atoms with E-state index in [1.54, 1.807) is 54.3 Å². The maximum absolute atomic E-state index is 13.0.